The topological polar surface area (TPSA) is 67.4 Å². The third-order valence-corrected chi connectivity index (χ3v) is 6.75. The Morgan fingerprint density at radius 2 is 2.17 bits per heavy atom. The van der Waals surface area contributed by atoms with Gasteiger partial charge in [-0.05, 0) is 32.2 Å². The number of amides is 1. The van der Waals surface area contributed by atoms with Crippen molar-refractivity contribution < 1.29 is 9.53 Å². The van der Waals surface area contributed by atoms with Crippen LogP contribution in [0.5, 0.6) is 0 Å². The van der Waals surface area contributed by atoms with Gasteiger partial charge in [-0.25, -0.2) is 0 Å². The molecule has 1 saturated heterocycles. The highest BCUT2D eigenvalue weighted by Crippen LogP contribution is 2.29. The maximum Gasteiger partial charge on any atom is 0.230 e. The fourth-order valence-electron chi connectivity index (χ4n) is 3.56. The number of rotatable bonds is 7. The van der Waals surface area contributed by atoms with Crippen LogP contribution >= 0.6 is 23.1 Å². The molecule has 1 saturated carbocycles. The van der Waals surface area contributed by atoms with Gasteiger partial charge in [-0.3, -0.25) is 9.69 Å². The van der Waals surface area contributed by atoms with Crippen LogP contribution in [0.3, 0.4) is 0 Å². The molecule has 1 aromatic heterocycles. The minimum Gasteiger partial charge on any atom is -0.384 e. The fourth-order valence-corrected chi connectivity index (χ4v) is 5.29. The summed E-state index contributed by atoms with van der Waals surface area (Å²) in [5, 5.41) is 11.8. The number of hydrogen-bond acceptors (Lipinski definition) is 7. The molecular formula is C16H26N4O2S2. The van der Waals surface area contributed by atoms with Crippen LogP contribution in [0.2, 0.25) is 0 Å². The molecule has 2 fully saturated rings. The number of thioether (sulfide) groups is 1. The molecule has 0 radical (unpaired) electrons. The van der Waals surface area contributed by atoms with E-state index in [4.69, 9.17) is 4.74 Å². The average Bonchev–Trinajstić information content (AvgIpc) is 3.27. The highest BCUT2D eigenvalue weighted by atomic mass is 32.2. The normalized spacial score (nSPS) is 22.8. The van der Waals surface area contributed by atoms with Gasteiger partial charge in [-0.1, -0.05) is 35.9 Å². The van der Waals surface area contributed by atoms with Crippen molar-refractivity contribution in [3.8, 4) is 0 Å². The number of hydrogen-bond donors (Lipinski definition) is 1. The number of aromatic nitrogens is 2. The summed E-state index contributed by atoms with van der Waals surface area (Å²) in [5.41, 5.74) is 0. The van der Waals surface area contributed by atoms with Crippen LogP contribution in [-0.2, 0) is 9.53 Å². The molecule has 24 heavy (non-hydrogen) atoms. The Kier molecular flexibility index (Phi) is 6.88. The van der Waals surface area contributed by atoms with E-state index in [1.54, 1.807) is 18.9 Å². The van der Waals surface area contributed by atoms with Gasteiger partial charge in [-0.2, -0.15) is 0 Å². The number of methoxy groups -OCH3 is 1. The van der Waals surface area contributed by atoms with E-state index in [1.807, 2.05) is 0 Å². The molecule has 2 aliphatic rings. The summed E-state index contributed by atoms with van der Waals surface area (Å²) in [4.78, 5) is 15.1. The van der Waals surface area contributed by atoms with E-state index in [-0.39, 0.29) is 11.8 Å². The van der Waals surface area contributed by atoms with Gasteiger partial charge in [-0.15, -0.1) is 10.2 Å². The van der Waals surface area contributed by atoms with Crippen molar-refractivity contribution in [3.63, 3.8) is 0 Å². The molecule has 8 heteroatoms. The monoisotopic (exact) mass is 370 g/mol. The van der Waals surface area contributed by atoms with E-state index >= 15 is 0 Å². The zero-order valence-corrected chi connectivity index (χ0v) is 15.8. The first kappa shape index (κ1) is 18.1. The van der Waals surface area contributed by atoms with E-state index in [1.165, 1.54) is 37.0 Å². The van der Waals surface area contributed by atoms with Crippen LogP contribution in [0.15, 0.2) is 4.34 Å². The van der Waals surface area contributed by atoms with Crippen LogP contribution in [0, 0.1) is 5.92 Å². The van der Waals surface area contributed by atoms with Crippen LogP contribution in [0.1, 0.15) is 38.5 Å². The minimum absolute atomic E-state index is 0.0767. The predicted octanol–water partition coefficient (Wildman–Crippen LogP) is 2.87. The summed E-state index contributed by atoms with van der Waals surface area (Å²) in [7, 11) is 1.69. The molecule has 0 spiro atoms. The average molecular weight is 371 g/mol. The number of piperidine rings is 1. The molecule has 134 valence electrons. The third-order valence-electron chi connectivity index (χ3n) is 4.81. The van der Waals surface area contributed by atoms with E-state index in [0.717, 1.165) is 36.0 Å². The van der Waals surface area contributed by atoms with E-state index in [9.17, 15) is 4.79 Å². The maximum atomic E-state index is 12.6. The molecule has 1 aromatic rings. The molecule has 1 atom stereocenters. The van der Waals surface area contributed by atoms with Gasteiger partial charge < -0.3 is 10.1 Å². The first-order valence-corrected chi connectivity index (χ1v) is 10.6. The van der Waals surface area contributed by atoms with Crippen molar-refractivity contribution in [2.24, 2.45) is 5.92 Å². The number of carbonyl (C=O) groups is 1. The summed E-state index contributed by atoms with van der Waals surface area (Å²) in [5.74, 6) is 1.02. The molecule has 1 aliphatic carbocycles. The molecule has 1 amide bonds. The largest absolute Gasteiger partial charge is 0.384 e. The third kappa shape index (κ3) is 4.91. The van der Waals surface area contributed by atoms with Gasteiger partial charge in [0.2, 0.25) is 11.0 Å². The maximum absolute atomic E-state index is 12.6. The van der Waals surface area contributed by atoms with Crippen LogP contribution in [0.25, 0.3) is 0 Å². The first-order valence-electron chi connectivity index (χ1n) is 8.76. The first-order chi connectivity index (χ1) is 11.8. The van der Waals surface area contributed by atoms with Crippen LogP contribution in [-0.4, -0.2) is 59.6 Å². The molecule has 6 nitrogen and oxygen atoms in total. The van der Waals surface area contributed by atoms with Crippen molar-refractivity contribution in [2.45, 2.75) is 48.9 Å². The van der Waals surface area contributed by atoms with Gasteiger partial charge in [0.1, 0.15) is 0 Å². The number of anilines is 1. The summed E-state index contributed by atoms with van der Waals surface area (Å²) in [6.45, 7) is 2.73. The Bertz CT molecular complexity index is 534. The second kappa shape index (κ2) is 9.12. The molecule has 1 unspecified atom stereocenters. The van der Waals surface area contributed by atoms with Gasteiger partial charge in [0, 0.05) is 25.4 Å². The molecule has 1 N–H and O–H groups in total. The zero-order chi connectivity index (χ0) is 16.8. The van der Waals surface area contributed by atoms with Crippen molar-refractivity contribution in [3.05, 3.63) is 0 Å². The summed E-state index contributed by atoms with van der Waals surface area (Å²) in [6, 6.07) is 0.700. The standard InChI is InChI=1S/C16H26N4O2S2/c1-22-9-10-23-16-19-18-15(24-16)17-14(21)12-5-4-8-20(11-12)13-6-2-3-7-13/h12-13H,2-11H2,1H3,(H,17,18,21). The summed E-state index contributed by atoms with van der Waals surface area (Å²) < 4.78 is 5.90. The number of nitrogens with one attached hydrogen (secondary N) is 1. The fraction of sp³-hybridized carbons (Fsp3) is 0.812. The Morgan fingerprint density at radius 1 is 1.33 bits per heavy atom. The molecule has 2 heterocycles. The number of likely N-dealkylation sites (tertiary alicyclic amines) is 1. The van der Waals surface area contributed by atoms with Crippen molar-refractivity contribution in [1.29, 1.82) is 0 Å². The lowest BCUT2D eigenvalue weighted by Crippen LogP contribution is -2.44. The summed E-state index contributed by atoms with van der Waals surface area (Å²) in [6.07, 6.45) is 7.37. The molecular weight excluding hydrogens is 344 g/mol. The van der Waals surface area contributed by atoms with Crippen molar-refractivity contribution >= 4 is 34.1 Å². The van der Waals surface area contributed by atoms with Gasteiger partial charge in [0.15, 0.2) is 4.34 Å². The Labute approximate surface area is 151 Å². The second-order valence-electron chi connectivity index (χ2n) is 6.48. The van der Waals surface area contributed by atoms with Crippen LogP contribution in [0.4, 0.5) is 5.13 Å². The zero-order valence-electron chi connectivity index (χ0n) is 14.2. The minimum atomic E-state index is 0.0767. The molecule has 0 bridgehead atoms. The molecule has 3 rings (SSSR count). The van der Waals surface area contributed by atoms with E-state index in [2.05, 4.69) is 20.4 Å². The highest BCUT2D eigenvalue weighted by Gasteiger charge is 2.31. The molecule has 0 aromatic carbocycles. The SMILES string of the molecule is COCCSc1nnc(NC(=O)C2CCCN(C3CCCC3)C2)s1. The van der Waals surface area contributed by atoms with E-state index < -0.39 is 0 Å². The van der Waals surface area contributed by atoms with Gasteiger partial charge >= 0.3 is 0 Å². The smallest absolute Gasteiger partial charge is 0.230 e. The Balaban J connectivity index is 1.49. The predicted molar refractivity (Wildman–Crippen MR) is 97.7 cm³/mol. The summed E-state index contributed by atoms with van der Waals surface area (Å²) >= 11 is 3.05. The molecule has 1 aliphatic heterocycles. The number of nitrogens with zero attached hydrogens (tertiary/aromatic N) is 3. The van der Waals surface area contributed by atoms with Crippen molar-refractivity contribution in [1.82, 2.24) is 15.1 Å². The number of ether oxygens (including phenoxy) is 1. The van der Waals surface area contributed by atoms with Crippen LogP contribution < -0.4 is 5.32 Å². The highest BCUT2D eigenvalue weighted by molar-refractivity contribution is 8.01. The Morgan fingerprint density at radius 3 is 2.96 bits per heavy atom. The van der Waals surface area contributed by atoms with E-state index in [0.29, 0.717) is 17.8 Å². The number of carbonyl (C=O) groups excluding carboxylic acids is 1. The van der Waals surface area contributed by atoms with Gasteiger partial charge in [0.25, 0.3) is 0 Å². The lowest BCUT2D eigenvalue weighted by molar-refractivity contribution is -0.121. The van der Waals surface area contributed by atoms with Crippen molar-refractivity contribution in [2.75, 3.05) is 37.9 Å². The second-order valence-corrected chi connectivity index (χ2v) is 8.80. The Hall–Kier alpha value is -0.700. The quantitative estimate of drug-likeness (QED) is 0.452. The van der Waals surface area contributed by atoms with Gasteiger partial charge in [0.05, 0.1) is 12.5 Å². The lowest BCUT2D eigenvalue weighted by Gasteiger charge is -2.36. The lowest BCUT2D eigenvalue weighted by atomic mass is 9.95.